The molecule has 23 heavy (non-hydrogen) atoms. The van der Waals surface area contributed by atoms with E-state index >= 15 is 0 Å². The van der Waals surface area contributed by atoms with E-state index < -0.39 is 6.10 Å². The van der Waals surface area contributed by atoms with Crippen LogP contribution in [0.4, 0.5) is 0 Å². The van der Waals surface area contributed by atoms with Gasteiger partial charge < -0.3 is 5.11 Å². The molecule has 0 fully saturated rings. The zero-order valence-electron chi connectivity index (χ0n) is 12.0. The second-order valence-corrected chi connectivity index (χ2v) is 7.32. The molecule has 0 radical (unpaired) electrons. The summed E-state index contributed by atoms with van der Waals surface area (Å²) in [5, 5.41) is 11.5. The van der Waals surface area contributed by atoms with Crippen LogP contribution in [0.15, 0.2) is 48.5 Å². The Morgan fingerprint density at radius 1 is 0.957 bits per heavy atom. The second kappa shape index (κ2) is 5.81. The van der Waals surface area contributed by atoms with Crippen molar-refractivity contribution >= 4 is 48.9 Å². The maximum atomic E-state index is 12.3. The van der Waals surface area contributed by atoms with Gasteiger partial charge in [-0.2, -0.15) is 0 Å². The van der Waals surface area contributed by atoms with Gasteiger partial charge in [0.05, 0.1) is 26.9 Å². The van der Waals surface area contributed by atoms with Crippen LogP contribution in [-0.4, -0.2) is 20.9 Å². The quantitative estimate of drug-likeness (QED) is 0.614. The van der Waals surface area contributed by atoms with Gasteiger partial charge in [-0.05, 0) is 24.3 Å². The molecule has 0 aliphatic rings. The highest BCUT2D eigenvalue weighted by Crippen LogP contribution is 2.28. The van der Waals surface area contributed by atoms with Gasteiger partial charge in [0.2, 0.25) is 0 Å². The highest BCUT2D eigenvalue weighted by molar-refractivity contribution is 7.19. The smallest absolute Gasteiger partial charge is 0.175 e. The fourth-order valence-electron chi connectivity index (χ4n) is 2.39. The number of ketones is 1. The number of thiazole rings is 2. The molecule has 0 aliphatic carbocycles. The Balaban J connectivity index is 1.57. The lowest BCUT2D eigenvalue weighted by Gasteiger charge is -2.04. The number of rotatable bonds is 4. The third kappa shape index (κ3) is 2.76. The number of aliphatic hydroxyl groups excluding tert-OH is 1. The lowest BCUT2D eigenvalue weighted by atomic mass is 10.2. The summed E-state index contributed by atoms with van der Waals surface area (Å²) in [6.45, 7) is 0. The first-order chi connectivity index (χ1) is 11.2. The minimum Gasteiger partial charge on any atom is -0.378 e. The molecule has 4 aromatic rings. The molecule has 0 aliphatic heterocycles. The number of carbonyl (C=O) groups excluding carboxylic acids is 1. The van der Waals surface area contributed by atoms with E-state index in [1.807, 2.05) is 48.5 Å². The molecular weight excluding hydrogens is 328 g/mol. The Bertz CT molecular complexity index is 940. The molecule has 0 amide bonds. The third-order valence-corrected chi connectivity index (χ3v) is 5.64. The molecule has 2 aromatic carbocycles. The van der Waals surface area contributed by atoms with E-state index in [4.69, 9.17) is 0 Å². The number of aromatic nitrogens is 2. The number of Topliss-reactive ketones (excluding diaryl/α,β-unsaturated/α-hetero) is 1. The number of benzene rings is 2. The van der Waals surface area contributed by atoms with Gasteiger partial charge in [0.25, 0.3) is 0 Å². The zero-order valence-corrected chi connectivity index (χ0v) is 13.6. The van der Waals surface area contributed by atoms with Crippen LogP contribution in [0.25, 0.3) is 20.4 Å². The molecule has 1 N–H and O–H groups in total. The summed E-state index contributed by atoms with van der Waals surface area (Å²) >= 11 is 2.83. The van der Waals surface area contributed by atoms with Crippen molar-refractivity contribution in [2.24, 2.45) is 0 Å². The van der Waals surface area contributed by atoms with Crippen molar-refractivity contribution in [3.05, 3.63) is 58.5 Å². The molecule has 4 rings (SSSR count). The Labute approximate surface area is 140 Å². The molecule has 0 saturated carbocycles. The van der Waals surface area contributed by atoms with Gasteiger partial charge in [-0.15, -0.1) is 22.7 Å². The van der Waals surface area contributed by atoms with E-state index in [9.17, 15) is 9.90 Å². The lowest BCUT2D eigenvalue weighted by Crippen LogP contribution is -2.14. The largest absolute Gasteiger partial charge is 0.378 e. The molecule has 114 valence electrons. The molecule has 0 saturated heterocycles. The predicted molar refractivity (Wildman–Crippen MR) is 92.9 cm³/mol. The monoisotopic (exact) mass is 340 g/mol. The first-order valence-electron chi connectivity index (χ1n) is 7.11. The second-order valence-electron chi connectivity index (χ2n) is 5.14. The standard InChI is InChI=1S/C17H12N2O2S2/c20-12(9-15-18-10-5-1-3-7-13(10)22-15)16(21)17-19-11-6-2-4-8-14(11)23-17/h1-8,16,21H,9H2. The van der Waals surface area contributed by atoms with Crippen molar-refractivity contribution in [1.29, 1.82) is 0 Å². The molecule has 2 aromatic heterocycles. The van der Waals surface area contributed by atoms with Crippen LogP contribution < -0.4 is 0 Å². The molecule has 0 bridgehead atoms. The predicted octanol–water partition coefficient (Wildman–Crippen LogP) is 3.75. The summed E-state index contributed by atoms with van der Waals surface area (Å²) in [4.78, 5) is 21.1. The van der Waals surface area contributed by atoms with Crippen LogP contribution in [0.5, 0.6) is 0 Å². The van der Waals surface area contributed by atoms with Gasteiger partial charge in [-0.25, -0.2) is 9.97 Å². The maximum absolute atomic E-state index is 12.3. The Hall–Kier alpha value is -2.15. The van der Waals surface area contributed by atoms with Crippen LogP contribution in [0.1, 0.15) is 16.1 Å². The van der Waals surface area contributed by atoms with E-state index in [0.717, 1.165) is 25.4 Å². The first-order valence-corrected chi connectivity index (χ1v) is 8.75. The first kappa shape index (κ1) is 14.4. The summed E-state index contributed by atoms with van der Waals surface area (Å²) in [6.07, 6.45) is -1.07. The molecule has 0 spiro atoms. The Morgan fingerprint density at radius 3 is 2.22 bits per heavy atom. The van der Waals surface area contributed by atoms with E-state index in [1.165, 1.54) is 22.7 Å². The van der Waals surface area contributed by atoms with Gasteiger partial charge in [0.1, 0.15) is 10.0 Å². The van der Waals surface area contributed by atoms with Crippen molar-refractivity contribution in [3.63, 3.8) is 0 Å². The van der Waals surface area contributed by atoms with Crippen LogP contribution in [0, 0.1) is 0 Å². The number of nitrogens with zero attached hydrogens (tertiary/aromatic N) is 2. The topological polar surface area (TPSA) is 63.1 Å². The zero-order chi connectivity index (χ0) is 15.8. The van der Waals surface area contributed by atoms with E-state index in [-0.39, 0.29) is 12.2 Å². The van der Waals surface area contributed by atoms with Crippen molar-refractivity contribution in [2.75, 3.05) is 0 Å². The van der Waals surface area contributed by atoms with E-state index in [1.54, 1.807) is 0 Å². The SMILES string of the molecule is O=C(Cc1nc2ccccc2s1)C(O)c1nc2ccccc2s1. The number of para-hydroxylation sites is 2. The van der Waals surface area contributed by atoms with Crippen LogP contribution in [0.2, 0.25) is 0 Å². The number of hydrogen-bond acceptors (Lipinski definition) is 6. The Morgan fingerprint density at radius 2 is 1.57 bits per heavy atom. The van der Waals surface area contributed by atoms with Gasteiger partial charge in [0, 0.05) is 0 Å². The molecular formula is C17H12N2O2S2. The fourth-order valence-corrected chi connectivity index (χ4v) is 4.34. The summed E-state index contributed by atoms with van der Waals surface area (Å²) < 4.78 is 2.01. The average Bonchev–Trinajstić information content (AvgIpc) is 3.16. The normalized spacial score (nSPS) is 12.7. The fraction of sp³-hybridized carbons (Fsp3) is 0.118. The average molecular weight is 340 g/mol. The molecule has 4 nitrogen and oxygen atoms in total. The van der Waals surface area contributed by atoms with E-state index in [2.05, 4.69) is 9.97 Å². The lowest BCUT2D eigenvalue weighted by molar-refractivity contribution is -0.126. The minimum absolute atomic E-state index is 0.121. The number of fused-ring (bicyclic) bond motifs is 2. The third-order valence-electron chi connectivity index (χ3n) is 3.51. The van der Waals surface area contributed by atoms with Crippen molar-refractivity contribution in [1.82, 2.24) is 9.97 Å². The van der Waals surface area contributed by atoms with Crippen LogP contribution in [-0.2, 0) is 11.2 Å². The van der Waals surface area contributed by atoms with Gasteiger partial charge in [-0.1, -0.05) is 24.3 Å². The van der Waals surface area contributed by atoms with Crippen molar-refractivity contribution in [3.8, 4) is 0 Å². The van der Waals surface area contributed by atoms with Gasteiger partial charge >= 0.3 is 0 Å². The summed E-state index contributed by atoms with van der Waals surface area (Å²) in [7, 11) is 0. The maximum Gasteiger partial charge on any atom is 0.175 e. The van der Waals surface area contributed by atoms with Gasteiger partial charge in [-0.3, -0.25) is 4.79 Å². The van der Waals surface area contributed by atoms with Crippen molar-refractivity contribution in [2.45, 2.75) is 12.5 Å². The number of carbonyl (C=O) groups is 1. The number of aliphatic hydroxyl groups is 1. The summed E-state index contributed by atoms with van der Waals surface area (Å²) in [6, 6.07) is 15.4. The summed E-state index contributed by atoms with van der Waals surface area (Å²) in [5.74, 6) is -0.275. The molecule has 2 heterocycles. The summed E-state index contributed by atoms with van der Waals surface area (Å²) in [5.41, 5.74) is 1.69. The number of hydrogen-bond donors (Lipinski definition) is 1. The molecule has 1 atom stereocenters. The Kier molecular flexibility index (Phi) is 3.65. The van der Waals surface area contributed by atoms with Crippen LogP contribution in [0.3, 0.4) is 0 Å². The van der Waals surface area contributed by atoms with Crippen LogP contribution >= 0.6 is 22.7 Å². The van der Waals surface area contributed by atoms with Gasteiger partial charge in [0.15, 0.2) is 11.9 Å². The minimum atomic E-state index is -1.19. The highest BCUT2D eigenvalue weighted by Gasteiger charge is 2.22. The van der Waals surface area contributed by atoms with E-state index in [0.29, 0.717) is 5.01 Å². The van der Waals surface area contributed by atoms with Crippen molar-refractivity contribution < 1.29 is 9.90 Å². The molecule has 1 unspecified atom stereocenters. The highest BCUT2D eigenvalue weighted by atomic mass is 32.1. The molecule has 6 heteroatoms.